The number of carbonyl (C=O) groups is 1. The molecule has 1 heterocycles. The van der Waals surface area contributed by atoms with Gasteiger partial charge in [0.05, 0.1) is 25.5 Å². The number of rotatable bonds is 5. The van der Waals surface area contributed by atoms with Gasteiger partial charge in [-0.1, -0.05) is 24.3 Å². The summed E-state index contributed by atoms with van der Waals surface area (Å²) in [6, 6.07) is 7.41. The van der Waals surface area contributed by atoms with Crippen molar-refractivity contribution in [3.63, 3.8) is 0 Å². The predicted molar refractivity (Wildman–Crippen MR) is 84.9 cm³/mol. The molecule has 2 rings (SSSR count). The molecule has 2 aromatic rings. The van der Waals surface area contributed by atoms with E-state index < -0.39 is 6.09 Å². The second-order valence-electron chi connectivity index (χ2n) is 5.00. The zero-order valence-corrected chi connectivity index (χ0v) is 13.1. The topological polar surface area (TPSA) is 93.4 Å². The number of ether oxygens (including phenoxy) is 1. The Morgan fingerprint density at radius 1 is 1.35 bits per heavy atom. The SMILES string of the molecule is COC(=O)NCCc1ccc(-c2c(CO)cnn(C)c2=O)cc1. The van der Waals surface area contributed by atoms with Crippen LogP contribution in [0.2, 0.25) is 0 Å². The first-order valence-electron chi connectivity index (χ1n) is 7.14. The Hall–Kier alpha value is -2.67. The van der Waals surface area contributed by atoms with Crippen LogP contribution >= 0.6 is 0 Å². The Balaban J connectivity index is 2.19. The van der Waals surface area contributed by atoms with Gasteiger partial charge in [-0.05, 0) is 17.5 Å². The Morgan fingerprint density at radius 3 is 2.65 bits per heavy atom. The van der Waals surface area contributed by atoms with E-state index in [-0.39, 0.29) is 12.2 Å². The minimum atomic E-state index is -0.463. The van der Waals surface area contributed by atoms with E-state index in [1.54, 1.807) is 7.05 Å². The van der Waals surface area contributed by atoms with Crippen LogP contribution in [-0.2, 0) is 24.8 Å². The molecule has 0 unspecified atom stereocenters. The van der Waals surface area contributed by atoms with Gasteiger partial charge in [0.15, 0.2) is 0 Å². The second-order valence-corrected chi connectivity index (χ2v) is 5.00. The molecule has 1 aromatic heterocycles. The summed E-state index contributed by atoms with van der Waals surface area (Å²) < 4.78 is 5.74. The molecule has 0 aliphatic rings. The largest absolute Gasteiger partial charge is 0.453 e. The van der Waals surface area contributed by atoms with Crippen molar-refractivity contribution in [1.82, 2.24) is 15.1 Å². The number of aliphatic hydroxyl groups is 1. The molecule has 23 heavy (non-hydrogen) atoms. The first kappa shape index (κ1) is 16.7. The number of alkyl carbamates (subject to hydrolysis) is 1. The fourth-order valence-electron chi connectivity index (χ4n) is 2.22. The minimum Gasteiger partial charge on any atom is -0.453 e. The molecule has 0 atom stereocenters. The third kappa shape index (κ3) is 3.95. The van der Waals surface area contributed by atoms with Crippen LogP contribution in [0.25, 0.3) is 11.1 Å². The fourth-order valence-corrected chi connectivity index (χ4v) is 2.22. The molecular formula is C16H19N3O4. The zero-order chi connectivity index (χ0) is 16.8. The van der Waals surface area contributed by atoms with E-state index in [1.807, 2.05) is 24.3 Å². The third-order valence-corrected chi connectivity index (χ3v) is 3.50. The van der Waals surface area contributed by atoms with E-state index in [9.17, 15) is 14.7 Å². The maximum Gasteiger partial charge on any atom is 0.406 e. The molecule has 0 radical (unpaired) electrons. The number of amides is 1. The highest BCUT2D eigenvalue weighted by atomic mass is 16.5. The average molecular weight is 317 g/mol. The van der Waals surface area contributed by atoms with Gasteiger partial charge in [-0.2, -0.15) is 5.10 Å². The first-order chi connectivity index (χ1) is 11.1. The van der Waals surface area contributed by atoms with Gasteiger partial charge in [0.25, 0.3) is 5.56 Å². The number of methoxy groups -OCH3 is 1. The van der Waals surface area contributed by atoms with Crippen molar-refractivity contribution >= 4 is 6.09 Å². The lowest BCUT2D eigenvalue weighted by Gasteiger charge is -2.09. The number of aryl methyl sites for hydroxylation is 1. The lowest BCUT2D eigenvalue weighted by molar-refractivity contribution is 0.171. The lowest BCUT2D eigenvalue weighted by Crippen LogP contribution is -2.25. The Labute approximate surface area is 133 Å². The molecule has 7 heteroatoms. The van der Waals surface area contributed by atoms with E-state index in [0.717, 1.165) is 11.1 Å². The average Bonchev–Trinajstić information content (AvgIpc) is 2.57. The summed E-state index contributed by atoms with van der Waals surface area (Å²) in [4.78, 5) is 23.2. The van der Waals surface area contributed by atoms with Crippen LogP contribution in [-0.4, -0.2) is 34.6 Å². The molecule has 0 bridgehead atoms. The minimum absolute atomic E-state index is 0.247. The van der Waals surface area contributed by atoms with Crippen LogP contribution in [0.5, 0.6) is 0 Å². The highest BCUT2D eigenvalue weighted by Crippen LogP contribution is 2.20. The highest BCUT2D eigenvalue weighted by molar-refractivity contribution is 5.67. The molecule has 0 saturated heterocycles. The monoisotopic (exact) mass is 317 g/mol. The van der Waals surface area contributed by atoms with Crippen molar-refractivity contribution in [2.75, 3.05) is 13.7 Å². The predicted octanol–water partition coefficient (Wildman–Crippen LogP) is 0.838. The maximum absolute atomic E-state index is 12.2. The Morgan fingerprint density at radius 2 is 2.04 bits per heavy atom. The van der Waals surface area contributed by atoms with Gasteiger partial charge < -0.3 is 15.2 Å². The molecule has 1 aromatic carbocycles. The summed E-state index contributed by atoms with van der Waals surface area (Å²) in [5.74, 6) is 0. The van der Waals surface area contributed by atoms with Gasteiger partial charge in [0, 0.05) is 19.2 Å². The number of benzene rings is 1. The zero-order valence-electron chi connectivity index (χ0n) is 13.1. The van der Waals surface area contributed by atoms with Crippen molar-refractivity contribution in [2.24, 2.45) is 7.05 Å². The van der Waals surface area contributed by atoms with Gasteiger partial charge in [-0.15, -0.1) is 0 Å². The summed E-state index contributed by atoms with van der Waals surface area (Å²) in [6.07, 6.45) is 1.68. The highest BCUT2D eigenvalue weighted by Gasteiger charge is 2.11. The van der Waals surface area contributed by atoms with Crippen LogP contribution in [0.4, 0.5) is 4.79 Å². The van der Waals surface area contributed by atoms with E-state index in [4.69, 9.17) is 0 Å². The number of aromatic nitrogens is 2. The molecule has 7 nitrogen and oxygen atoms in total. The van der Waals surface area contributed by atoms with Crippen LogP contribution in [0, 0.1) is 0 Å². The summed E-state index contributed by atoms with van der Waals surface area (Å²) in [5, 5.41) is 15.9. The molecule has 0 aliphatic heterocycles. The number of hydrogen-bond donors (Lipinski definition) is 2. The van der Waals surface area contributed by atoms with Gasteiger partial charge >= 0.3 is 6.09 Å². The Kier molecular flexibility index (Phi) is 5.48. The van der Waals surface area contributed by atoms with Gasteiger partial charge in [0.1, 0.15) is 0 Å². The number of aliphatic hydroxyl groups excluding tert-OH is 1. The lowest BCUT2D eigenvalue weighted by atomic mass is 10.0. The molecule has 0 fully saturated rings. The standard InChI is InChI=1S/C16H19N3O4/c1-19-15(21)14(13(10-20)9-18-19)12-5-3-11(4-6-12)7-8-17-16(22)23-2/h3-6,9,20H,7-8,10H2,1-2H3,(H,17,22). The third-order valence-electron chi connectivity index (χ3n) is 3.50. The van der Waals surface area contributed by atoms with Crippen molar-refractivity contribution < 1.29 is 14.6 Å². The maximum atomic E-state index is 12.2. The Bertz CT molecular complexity index is 738. The van der Waals surface area contributed by atoms with Gasteiger partial charge in [0.2, 0.25) is 0 Å². The number of nitrogens with one attached hydrogen (secondary N) is 1. The fraction of sp³-hybridized carbons (Fsp3) is 0.312. The van der Waals surface area contributed by atoms with E-state index in [0.29, 0.717) is 24.1 Å². The van der Waals surface area contributed by atoms with Crippen molar-refractivity contribution in [1.29, 1.82) is 0 Å². The summed E-state index contributed by atoms with van der Waals surface area (Å²) in [6.45, 7) is 0.216. The van der Waals surface area contributed by atoms with Gasteiger partial charge in [-0.25, -0.2) is 9.48 Å². The number of nitrogens with zero attached hydrogens (tertiary/aromatic N) is 2. The molecule has 122 valence electrons. The van der Waals surface area contributed by atoms with E-state index >= 15 is 0 Å². The summed E-state index contributed by atoms with van der Waals surface area (Å²) >= 11 is 0. The second kappa shape index (κ2) is 7.55. The van der Waals surface area contributed by atoms with Crippen molar-refractivity contribution in [3.05, 3.63) is 51.9 Å². The van der Waals surface area contributed by atoms with Crippen LogP contribution in [0.3, 0.4) is 0 Å². The molecule has 0 aliphatic carbocycles. The summed E-state index contributed by atoms with van der Waals surface area (Å²) in [5.41, 5.74) is 2.43. The van der Waals surface area contributed by atoms with Crippen LogP contribution in [0.15, 0.2) is 35.3 Å². The molecular weight excluding hydrogens is 298 g/mol. The van der Waals surface area contributed by atoms with E-state index in [1.165, 1.54) is 18.0 Å². The van der Waals surface area contributed by atoms with Gasteiger partial charge in [-0.3, -0.25) is 4.79 Å². The first-order valence-corrected chi connectivity index (χ1v) is 7.14. The summed E-state index contributed by atoms with van der Waals surface area (Å²) in [7, 11) is 2.89. The smallest absolute Gasteiger partial charge is 0.406 e. The molecule has 0 spiro atoms. The molecule has 0 saturated carbocycles. The molecule has 1 amide bonds. The van der Waals surface area contributed by atoms with Crippen LogP contribution in [0.1, 0.15) is 11.1 Å². The van der Waals surface area contributed by atoms with E-state index in [2.05, 4.69) is 15.2 Å². The normalized spacial score (nSPS) is 10.4. The number of hydrogen-bond acceptors (Lipinski definition) is 5. The van der Waals surface area contributed by atoms with Crippen molar-refractivity contribution in [3.8, 4) is 11.1 Å². The quantitative estimate of drug-likeness (QED) is 0.852. The van der Waals surface area contributed by atoms with Crippen molar-refractivity contribution in [2.45, 2.75) is 13.0 Å². The molecule has 2 N–H and O–H groups in total. The number of carbonyl (C=O) groups excluding carboxylic acids is 1. The van der Waals surface area contributed by atoms with Crippen LogP contribution < -0.4 is 10.9 Å².